The van der Waals surface area contributed by atoms with Crippen LogP contribution in [0, 0.1) is 0 Å². The smallest absolute Gasteiger partial charge is 0.260 e. The third kappa shape index (κ3) is 5.25. The Morgan fingerprint density at radius 1 is 0.929 bits per heavy atom. The van der Waals surface area contributed by atoms with Crippen molar-refractivity contribution < 1.29 is 14.3 Å². The van der Waals surface area contributed by atoms with E-state index < -0.39 is 0 Å². The number of methoxy groups -OCH3 is 1. The van der Waals surface area contributed by atoms with Gasteiger partial charge in [-0.2, -0.15) is 4.98 Å². The van der Waals surface area contributed by atoms with E-state index in [1.54, 1.807) is 31.3 Å². The molecule has 3 aliphatic heterocycles. The van der Waals surface area contributed by atoms with Gasteiger partial charge >= 0.3 is 0 Å². The number of piperidine rings is 1. The number of fused-ring (bicyclic) bond motifs is 2. The fraction of sp³-hybridized carbons (Fsp3) is 0.419. The average molecular weight is 571 g/mol. The standard InChI is InChI=1S/C31H38N8O3/c1-35-13-11-22(12-14-35)38-15-17-39(18-16-38)29(40)21-9-10-24(27(19-21)42-4)33-31-32-20-26-28(34-31)36(2)25-8-6-5-7-23(25)30(41)37(26)3/h5-10,19-20,22H,11-18H2,1-4H3,(H,32,33,34). The number of amides is 2. The highest BCUT2D eigenvalue weighted by atomic mass is 16.5. The Morgan fingerprint density at radius 2 is 1.67 bits per heavy atom. The van der Waals surface area contributed by atoms with Crippen molar-refractivity contribution in [3.8, 4) is 5.75 Å². The lowest BCUT2D eigenvalue weighted by atomic mass is 10.0. The summed E-state index contributed by atoms with van der Waals surface area (Å²) in [7, 11) is 7.37. The summed E-state index contributed by atoms with van der Waals surface area (Å²) in [6, 6.07) is 13.5. The van der Waals surface area contributed by atoms with Gasteiger partial charge in [-0.15, -0.1) is 0 Å². The normalized spacial score (nSPS) is 18.4. The Morgan fingerprint density at radius 3 is 2.40 bits per heavy atom. The van der Waals surface area contributed by atoms with Gasteiger partial charge in [0, 0.05) is 51.9 Å². The van der Waals surface area contributed by atoms with E-state index in [4.69, 9.17) is 9.72 Å². The molecule has 0 spiro atoms. The molecule has 0 aliphatic carbocycles. The Hall–Kier alpha value is -4.22. The van der Waals surface area contributed by atoms with E-state index >= 15 is 0 Å². The summed E-state index contributed by atoms with van der Waals surface area (Å²) in [6.45, 7) is 5.55. The second-order valence-corrected chi connectivity index (χ2v) is 11.2. The monoisotopic (exact) mass is 570 g/mol. The first kappa shape index (κ1) is 27.9. The van der Waals surface area contributed by atoms with Gasteiger partial charge in [0.15, 0.2) is 5.82 Å². The van der Waals surface area contributed by atoms with E-state index in [1.807, 2.05) is 53.2 Å². The fourth-order valence-electron chi connectivity index (χ4n) is 6.14. The summed E-state index contributed by atoms with van der Waals surface area (Å²) >= 11 is 0. The Bertz CT molecular complexity index is 1480. The van der Waals surface area contributed by atoms with Crippen molar-refractivity contribution in [2.24, 2.45) is 0 Å². The van der Waals surface area contributed by atoms with Gasteiger partial charge in [-0.3, -0.25) is 14.5 Å². The van der Waals surface area contributed by atoms with E-state index in [0.717, 1.165) is 45.0 Å². The predicted molar refractivity (Wildman–Crippen MR) is 164 cm³/mol. The Balaban J connectivity index is 1.17. The minimum absolute atomic E-state index is 0.0113. The van der Waals surface area contributed by atoms with Crippen molar-refractivity contribution >= 4 is 40.6 Å². The lowest BCUT2D eigenvalue weighted by Crippen LogP contribution is -2.54. The summed E-state index contributed by atoms with van der Waals surface area (Å²) in [4.78, 5) is 46.1. The first-order chi connectivity index (χ1) is 20.3. The first-order valence-electron chi connectivity index (χ1n) is 14.5. The van der Waals surface area contributed by atoms with Crippen molar-refractivity contribution in [1.29, 1.82) is 0 Å². The SMILES string of the molecule is COc1cc(C(=O)N2CCN(C3CCN(C)CC3)CC2)ccc1Nc1ncc2c(n1)N(C)c1ccccc1C(=O)N2C. The van der Waals surface area contributed by atoms with E-state index in [-0.39, 0.29) is 11.8 Å². The zero-order valence-corrected chi connectivity index (χ0v) is 24.7. The number of hydrogen-bond donors (Lipinski definition) is 1. The predicted octanol–water partition coefficient (Wildman–Crippen LogP) is 3.44. The maximum atomic E-state index is 13.4. The highest BCUT2D eigenvalue weighted by molar-refractivity contribution is 6.13. The third-order valence-electron chi connectivity index (χ3n) is 8.73. The number of nitrogens with zero attached hydrogens (tertiary/aromatic N) is 7. The third-order valence-corrected chi connectivity index (χ3v) is 8.73. The van der Waals surface area contributed by atoms with Crippen LogP contribution in [-0.4, -0.2) is 110 Å². The maximum Gasteiger partial charge on any atom is 0.260 e. The minimum Gasteiger partial charge on any atom is -0.495 e. The molecule has 0 atom stereocenters. The minimum atomic E-state index is -0.120. The van der Waals surface area contributed by atoms with Crippen LogP contribution in [0.15, 0.2) is 48.7 Å². The second-order valence-electron chi connectivity index (χ2n) is 11.2. The number of hydrogen-bond acceptors (Lipinski definition) is 9. The molecule has 0 bridgehead atoms. The molecule has 1 N–H and O–H groups in total. The Labute approximate surface area is 246 Å². The Kier molecular flexibility index (Phi) is 7.70. The van der Waals surface area contributed by atoms with E-state index in [1.165, 1.54) is 12.8 Å². The molecule has 0 saturated carbocycles. The van der Waals surface area contributed by atoms with Gasteiger partial charge in [-0.25, -0.2) is 4.98 Å². The summed E-state index contributed by atoms with van der Waals surface area (Å²) in [5.41, 5.74) is 3.20. The molecule has 220 valence electrons. The summed E-state index contributed by atoms with van der Waals surface area (Å²) < 4.78 is 5.67. The van der Waals surface area contributed by atoms with Crippen LogP contribution in [-0.2, 0) is 0 Å². The fourth-order valence-corrected chi connectivity index (χ4v) is 6.14. The molecule has 2 saturated heterocycles. The van der Waals surface area contributed by atoms with Gasteiger partial charge in [0.1, 0.15) is 11.4 Å². The molecular formula is C31H38N8O3. The zero-order valence-electron chi connectivity index (χ0n) is 24.7. The van der Waals surface area contributed by atoms with Crippen LogP contribution in [0.5, 0.6) is 5.75 Å². The molecule has 2 amide bonds. The quantitative estimate of drug-likeness (QED) is 0.495. The van der Waals surface area contributed by atoms with Crippen LogP contribution in [0.4, 0.5) is 28.8 Å². The summed E-state index contributed by atoms with van der Waals surface area (Å²) in [5, 5.41) is 3.24. The van der Waals surface area contributed by atoms with Crippen molar-refractivity contribution in [3.05, 3.63) is 59.8 Å². The van der Waals surface area contributed by atoms with Crippen molar-refractivity contribution in [2.45, 2.75) is 18.9 Å². The van der Waals surface area contributed by atoms with Gasteiger partial charge in [-0.1, -0.05) is 12.1 Å². The van der Waals surface area contributed by atoms with Crippen LogP contribution in [0.3, 0.4) is 0 Å². The van der Waals surface area contributed by atoms with Crippen LogP contribution >= 0.6 is 0 Å². The second kappa shape index (κ2) is 11.6. The summed E-state index contributed by atoms with van der Waals surface area (Å²) in [6.07, 6.45) is 4.03. The van der Waals surface area contributed by atoms with Crippen molar-refractivity contribution in [1.82, 2.24) is 24.7 Å². The number of carbonyl (C=O) groups excluding carboxylic acids is 2. The highest BCUT2D eigenvalue weighted by Crippen LogP contribution is 2.38. The van der Waals surface area contributed by atoms with E-state index in [2.05, 4.69) is 27.1 Å². The van der Waals surface area contributed by atoms with E-state index in [0.29, 0.717) is 46.1 Å². The van der Waals surface area contributed by atoms with Crippen LogP contribution in [0.25, 0.3) is 0 Å². The van der Waals surface area contributed by atoms with Crippen molar-refractivity contribution in [3.63, 3.8) is 0 Å². The average Bonchev–Trinajstić information content (AvgIpc) is 3.10. The summed E-state index contributed by atoms with van der Waals surface area (Å²) in [5.74, 6) is 1.36. The molecule has 3 aliphatic rings. The molecule has 2 aromatic carbocycles. The zero-order chi connectivity index (χ0) is 29.4. The van der Waals surface area contributed by atoms with Crippen LogP contribution < -0.4 is 19.9 Å². The van der Waals surface area contributed by atoms with Crippen LogP contribution in [0.2, 0.25) is 0 Å². The molecule has 1 aromatic heterocycles. The van der Waals surface area contributed by atoms with Gasteiger partial charge in [0.2, 0.25) is 5.95 Å². The number of aromatic nitrogens is 2. The van der Waals surface area contributed by atoms with Gasteiger partial charge < -0.3 is 29.7 Å². The highest BCUT2D eigenvalue weighted by Gasteiger charge is 2.30. The first-order valence-corrected chi connectivity index (χ1v) is 14.5. The van der Waals surface area contributed by atoms with Crippen LogP contribution in [0.1, 0.15) is 33.6 Å². The topological polar surface area (TPSA) is 97.4 Å². The lowest BCUT2D eigenvalue weighted by Gasteiger charge is -2.42. The number of likely N-dealkylation sites (tertiary alicyclic amines) is 1. The molecular weight excluding hydrogens is 532 g/mol. The number of para-hydroxylation sites is 1. The van der Waals surface area contributed by atoms with Crippen molar-refractivity contribution in [2.75, 3.05) is 82.6 Å². The molecule has 0 radical (unpaired) electrons. The molecule has 11 nitrogen and oxygen atoms in total. The molecule has 0 unspecified atom stereocenters. The number of rotatable bonds is 5. The van der Waals surface area contributed by atoms with Gasteiger partial charge in [-0.05, 0) is 63.3 Å². The number of carbonyl (C=O) groups is 2. The molecule has 6 rings (SSSR count). The molecule has 4 heterocycles. The number of ether oxygens (including phenoxy) is 1. The number of piperazine rings is 1. The maximum absolute atomic E-state index is 13.4. The lowest BCUT2D eigenvalue weighted by molar-refractivity contribution is 0.0475. The number of anilines is 5. The molecule has 2 fully saturated rings. The largest absolute Gasteiger partial charge is 0.495 e. The molecule has 42 heavy (non-hydrogen) atoms. The number of nitrogens with one attached hydrogen (secondary N) is 1. The van der Waals surface area contributed by atoms with E-state index in [9.17, 15) is 9.59 Å². The van der Waals surface area contributed by atoms with Gasteiger partial charge in [0.05, 0.1) is 30.2 Å². The molecule has 3 aromatic rings. The molecule has 11 heteroatoms. The van der Waals surface area contributed by atoms with Gasteiger partial charge in [0.25, 0.3) is 11.8 Å². The number of benzene rings is 2.